The Labute approximate surface area is 86.2 Å². The van der Waals surface area contributed by atoms with E-state index in [2.05, 4.69) is 12.2 Å². The number of nitrogens with one attached hydrogen (secondary N) is 1. The summed E-state index contributed by atoms with van der Waals surface area (Å²) in [5.41, 5.74) is 0. The van der Waals surface area contributed by atoms with Crippen molar-refractivity contribution in [1.29, 1.82) is 0 Å². The molecule has 0 radical (unpaired) electrons. The Kier molecular flexibility index (Phi) is 3.42. The van der Waals surface area contributed by atoms with Crippen LogP contribution in [-0.2, 0) is 9.47 Å². The fraction of sp³-hybridized carbons (Fsp3) is 1.00. The molecule has 3 heteroatoms. The maximum Gasteiger partial charge on any atom is 0.0621 e. The fourth-order valence-electron chi connectivity index (χ4n) is 2.62. The third kappa shape index (κ3) is 2.27. The molecule has 2 rings (SSSR count). The summed E-state index contributed by atoms with van der Waals surface area (Å²) < 4.78 is 10.9. The number of ether oxygens (including phenoxy) is 2. The average molecular weight is 199 g/mol. The molecule has 82 valence electrons. The molecule has 2 saturated heterocycles. The number of hydrogen-bond donors (Lipinski definition) is 1. The van der Waals surface area contributed by atoms with Crippen molar-refractivity contribution in [3.63, 3.8) is 0 Å². The molecule has 0 aliphatic carbocycles. The van der Waals surface area contributed by atoms with E-state index in [4.69, 9.17) is 9.47 Å². The molecule has 0 amide bonds. The molecule has 0 aromatic rings. The lowest BCUT2D eigenvalue weighted by atomic mass is 9.89. The molecule has 2 aliphatic heterocycles. The zero-order valence-corrected chi connectivity index (χ0v) is 9.16. The lowest BCUT2D eigenvalue weighted by Gasteiger charge is -2.21. The van der Waals surface area contributed by atoms with Gasteiger partial charge in [0, 0.05) is 25.6 Å². The van der Waals surface area contributed by atoms with Gasteiger partial charge in [-0.2, -0.15) is 0 Å². The monoisotopic (exact) mass is 199 g/mol. The van der Waals surface area contributed by atoms with Crippen molar-refractivity contribution in [3.8, 4) is 0 Å². The van der Waals surface area contributed by atoms with E-state index in [1.807, 2.05) is 0 Å². The lowest BCUT2D eigenvalue weighted by Crippen LogP contribution is -2.37. The molecule has 2 bridgehead atoms. The van der Waals surface area contributed by atoms with Crippen LogP contribution in [0.2, 0.25) is 0 Å². The Morgan fingerprint density at radius 1 is 1.50 bits per heavy atom. The first-order valence-corrected chi connectivity index (χ1v) is 5.67. The minimum Gasteiger partial charge on any atom is -0.383 e. The Bertz CT molecular complexity index is 186. The van der Waals surface area contributed by atoms with Crippen LogP contribution in [0.25, 0.3) is 0 Å². The van der Waals surface area contributed by atoms with Crippen molar-refractivity contribution in [2.45, 2.75) is 44.4 Å². The maximum absolute atomic E-state index is 5.81. The first-order valence-electron chi connectivity index (χ1n) is 5.67. The van der Waals surface area contributed by atoms with Gasteiger partial charge in [-0.25, -0.2) is 0 Å². The Morgan fingerprint density at radius 2 is 2.36 bits per heavy atom. The standard InChI is InChI=1S/C11H21NO2/c1-8(7-13-2)12-6-9-5-10-3-4-11(9)14-10/h8-12H,3-7H2,1-2H3. The van der Waals surface area contributed by atoms with Crippen LogP contribution in [-0.4, -0.2) is 38.5 Å². The van der Waals surface area contributed by atoms with Crippen LogP contribution in [0.3, 0.4) is 0 Å². The Balaban J connectivity index is 1.66. The van der Waals surface area contributed by atoms with Crippen LogP contribution in [0, 0.1) is 5.92 Å². The summed E-state index contributed by atoms with van der Waals surface area (Å²) in [5.74, 6) is 0.744. The minimum atomic E-state index is 0.458. The molecule has 0 aromatic carbocycles. The van der Waals surface area contributed by atoms with Gasteiger partial charge in [0.25, 0.3) is 0 Å². The van der Waals surface area contributed by atoms with Gasteiger partial charge in [-0.15, -0.1) is 0 Å². The van der Waals surface area contributed by atoms with Crippen LogP contribution in [0.5, 0.6) is 0 Å². The van der Waals surface area contributed by atoms with Gasteiger partial charge in [0.15, 0.2) is 0 Å². The second-order valence-corrected chi connectivity index (χ2v) is 4.63. The highest BCUT2D eigenvalue weighted by Crippen LogP contribution is 2.38. The van der Waals surface area contributed by atoms with E-state index in [0.29, 0.717) is 18.2 Å². The summed E-state index contributed by atoms with van der Waals surface area (Å²) >= 11 is 0. The molecular weight excluding hydrogens is 178 g/mol. The predicted octanol–water partition coefficient (Wildman–Crippen LogP) is 1.18. The number of hydrogen-bond acceptors (Lipinski definition) is 3. The fourth-order valence-corrected chi connectivity index (χ4v) is 2.62. The molecule has 1 N–H and O–H groups in total. The highest BCUT2D eigenvalue weighted by atomic mass is 16.5. The minimum absolute atomic E-state index is 0.458. The first-order chi connectivity index (χ1) is 6.79. The van der Waals surface area contributed by atoms with E-state index in [-0.39, 0.29) is 0 Å². The SMILES string of the molecule is COCC(C)NCC1CC2CCC1O2. The summed E-state index contributed by atoms with van der Waals surface area (Å²) in [5, 5.41) is 3.51. The second-order valence-electron chi connectivity index (χ2n) is 4.63. The van der Waals surface area contributed by atoms with Gasteiger partial charge in [0.1, 0.15) is 0 Å². The molecule has 0 aromatic heterocycles. The predicted molar refractivity (Wildman–Crippen MR) is 55.3 cm³/mol. The number of methoxy groups -OCH3 is 1. The number of fused-ring (bicyclic) bond motifs is 2. The van der Waals surface area contributed by atoms with E-state index in [1.54, 1.807) is 7.11 Å². The Hall–Kier alpha value is -0.120. The summed E-state index contributed by atoms with van der Waals surface area (Å²) in [6.45, 7) is 4.05. The molecule has 0 spiro atoms. The van der Waals surface area contributed by atoms with Crippen molar-refractivity contribution >= 4 is 0 Å². The molecule has 2 heterocycles. The van der Waals surface area contributed by atoms with Crippen LogP contribution in [0.4, 0.5) is 0 Å². The molecule has 2 aliphatic rings. The van der Waals surface area contributed by atoms with Gasteiger partial charge in [0.05, 0.1) is 18.8 Å². The van der Waals surface area contributed by atoms with Gasteiger partial charge >= 0.3 is 0 Å². The largest absolute Gasteiger partial charge is 0.383 e. The van der Waals surface area contributed by atoms with Crippen molar-refractivity contribution in [2.24, 2.45) is 5.92 Å². The molecule has 3 nitrogen and oxygen atoms in total. The van der Waals surface area contributed by atoms with E-state index in [1.165, 1.54) is 19.3 Å². The molecule has 4 unspecified atom stereocenters. The first kappa shape index (κ1) is 10.4. The van der Waals surface area contributed by atoms with Gasteiger partial charge in [-0.3, -0.25) is 0 Å². The van der Waals surface area contributed by atoms with Crippen molar-refractivity contribution in [2.75, 3.05) is 20.3 Å². The normalized spacial score (nSPS) is 37.7. The van der Waals surface area contributed by atoms with Crippen molar-refractivity contribution in [1.82, 2.24) is 5.32 Å². The summed E-state index contributed by atoms with van der Waals surface area (Å²) in [4.78, 5) is 0. The second kappa shape index (κ2) is 4.60. The van der Waals surface area contributed by atoms with Crippen molar-refractivity contribution in [3.05, 3.63) is 0 Å². The smallest absolute Gasteiger partial charge is 0.0621 e. The quantitative estimate of drug-likeness (QED) is 0.721. The van der Waals surface area contributed by atoms with Gasteiger partial charge in [-0.1, -0.05) is 0 Å². The summed E-state index contributed by atoms with van der Waals surface area (Å²) in [6.07, 6.45) is 4.94. The van der Waals surface area contributed by atoms with Crippen LogP contribution in [0.1, 0.15) is 26.2 Å². The van der Waals surface area contributed by atoms with E-state index < -0.39 is 0 Å². The van der Waals surface area contributed by atoms with E-state index >= 15 is 0 Å². The lowest BCUT2D eigenvalue weighted by molar-refractivity contribution is 0.0910. The summed E-state index contributed by atoms with van der Waals surface area (Å²) in [7, 11) is 1.75. The van der Waals surface area contributed by atoms with E-state index in [9.17, 15) is 0 Å². The molecule has 2 fully saturated rings. The van der Waals surface area contributed by atoms with Crippen LogP contribution >= 0.6 is 0 Å². The Morgan fingerprint density at radius 3 is 2.93 bits per heavy atom. The number of rotatable bonds is 5. The molecular formula is C11H21NO2. The molecule has 4 atom stereocenters. The molecule has 14 heavy (non-hydrogen) atoms. The highest BCUT2D eigenvalue weighted by molar-refractivity contribution is 4.90. The molecule has 0 saturated carbocycles. The summed E-state index contributed by atoms with van der Waals surface area (Å²) in [6, 6.07) is 0.458. The van der Waals surface area contributed by atoms with Gasteiger partial charge in [0.2, 0.25) is 0 Å². The maximum atomic E-state index is 5.81. The van der Waals surface area contributed by atoms with Crippen LogP contribution in [0.15, 0.2) is 0 Å². The zero-order valence-electron chi connectivity index (χ0n) is 9.16. The van der Waals surface area contributed by atoms with Gasteiger partial charge < -0.3 is 14.8 Å². The van der Waals surface area contributed by atoms with Crippen LogP contribution < -0.4 is 5.32 Å². The average Bonchev–Trinajstić information content (AvgIpc) is 2.76. The van der Waals surface area contributed by atoms with Gasteiger partial charge in [-0.05, 0) is 26.2 Å². The highest BCUT2D eigenvalue weighted by Gasteiger charge is 2.40. The van der Waals surface area contributed by atoms with Crippen molar-refractivity contribution < 1.29 is 9.47 Å². The third-order valence-electron chi connectivity index (χ3n) is 3.38. The van der Waals surface area contributed by atoms with E-state index in [0.717, 1.165) is 19.1 Å². The topological polar surface area (TPSA) is 30.5 Å². The zero-order chi connectivity index (χ0) is 9.97. The third-order valence-corrected chi connectivity index (χ3v) is 3.38.